The monoisotopic (exact) mass is 329 g/mol. The summed E-state index contributed by atoms with van der Waals surface area (Å²) in [5.41, 5.74) is -0.859. The summed E-state index contributed by atoms with van der Waals surface area (Å²) in [6, 6.07) is 10.8. The zero-order valence-corrected chi connectivity index (χ0v) is 14.8. The maximum atomic E-state index is 11.7. The summed E-state index contributed by atoms with van der Waals surface area (Å²) in [7, 11) is 0.433. The van der Waals surface area contributed by atoms with Crippen LogP contribution >= 0.6 is 0 Å². The molecular weight excluding hydrogens is 305 g/mol. The van der Waals surface area contributed by atoms with Gasteiger partial charge in [-0.15, -0.1) is 0 Å². The Labute approximate surface area is 142 Å². The van der Waals surface area contributed by atoms with Gasteiger partial charge in [-0.1, -0.05) is 24.3 Å². The summed E-state index contributed by atoms with van der Waals surface area (Å²) in [4.78, 5) is 11.7. The minimum Gasteiger partial charge on any atom is -0.423 e. The van der Waals surface area contributed by atoms with Crippen LogP contribution in [0.25, 0.3) is 10.8 Å². The maximum absolute atomic E-state index is 11.7. The number of carbonyl (C=O) groups is 1. The Kier molecular flexibility index (Phi) is 5.04. The van der Waals surface area contributed by atoms with Gasteiger partial charge in [-0.2, -0.15) is 0 Å². The first-order valence-electron chi connectivity index (χ1n) is 7.89. The van der Waals surface area contributed by atoms with E-state index in [-0.39, 0.29) is 5.91 Å². The quantitative estimate of drug-likeness (QED) is 0.726. The molecule has 0 bridgehead atoms. The minimum absolute atomic E-state index is 0.142. The number of aliphatic hydroxyl groups is 1. The van der Waals surface area contributed by atoms with Crippen LogP contribution in [-0.4, -0.2) is 41.4 Å². The number of nitrogens with one attached hydrogen (secondary N) is 1. The van der Waals surface area contributed by atoms with E-state index in [4.69, 9.17) is 4.65 Å². The Hall–Kier alpha value is -1.89. The molecule has 0 fully saturated rings. The van der Waals surface area contributed by atoms with Crippen molar-refractivity contribution < 1.29 is 19.6 Å². The van der Waals surface area contributed by atoms with Gasteiger partial charge in [0, 0.05) is 12.6 Å². The molecular formula is C18H24BNO4. The third-order valence-electron chi connectivity index (χ3n) is 4.52. The highest BCUT2D eigenvalue weighted by Crippen LogP contribution is 2.25. The number of carbonyl (C=O) groups excluding carboxylic acids is 1. The molecule has 5 nitrogen and oxygen atoms in total. The highest BCUT2D eigenvalue weighted by molar-refractivity contribution is 6.60. The highest BCUT2D eigenvalue weighted by atomic mass is 16.5. The molecule has 2 aromatic carbocycles. The van der Waals surface area contributed by atoms with E-state index in [1.54, 1.807) is 52.9 Å². The SMILES string of the molecule is CNC(=O)c1ccc2cc(B(O)OC(C)(C)C(C)(C)O)ccc2c1. The minimum atomic E-state index is -1.16. The van der Waals surface area contributed by atoms with Crippen molar-refractivity contribution in [2.45, 2.75) is 38.9 Å². The molecule has 0 aliphatic heterocycles. The molecule has 2 aromatic rings. The van der Waals surface area contributed by atoms with Crippen molar-refractivity contribution in [2.75, 3.05) is 7.05 Å². The van der Waals surface area contributed by atoms with Gasteiger partial charge in [0.15, 0.2) is 0 Å². The largest absolute Gasteiger partial charge is 0.491 e. The molecule has 128 valence electrons. The van der Waals surface area contributed by atoms with Crippen LogP contribution in [0.3, 0.4) is 0 Å². The second-order valence-corrected chi connectivity index (χ2v) is 6.94. The van der Waals surface area contributed by atoms with Crippen LogP contribution < -0.4 is 10.8 Å². The highest BCUT2D eigenvalue weighted by Gasteiger charge is 2.39. The fourth-order valence-corrected chi connectivity index (χ4v) is 2.19. The van der Waals surface area contributed by atoms with Gasteiger partial charge >= 0.3 is 7.12 Å². The molecule has 3 N–H and O–H groups in total. The Morgan fingerprint density at radius 1 is 1.08 bits per heavy atom. The fraction of sp³-hybridized carbons (Fsp3) is 0.389. The lowest BCUT2D eigenvalue weighted by Crippen LogP contribution is -2.53. The Balaban J connectivity index is 2.29. The average molecular weight is 329 g/mol. The van der Waals surface area contributed by atoms with Crippen LogP contribution in [0, 0.1) is 0 Å². The molecule has 0 atom stereocenters. The normalized spacial score (nSPS) is 12.3. The summed E-state index contributed by atoms with van der Waals surface area (Å²) >= 11 is 0. The van der Waals surface area contributed by atoms with Crippen molar-refractivity contribution in [3.8, 4) is 0 Å². The molecule has 6 heteroatoms. The second-order valence-electron chi connectivity index (χ2n) is 6.94. The molecule has 0 heterocycles. The summed E-state index contributed by atoms with van der Waals surface area (Å²) < 4.78 is 5.66. The van der Waals surface area contributed by atoms with Crippen LogP contribution in [0.5, 0.6) is 0 Å². The molecule has 0 aromatic heterocycles. The molecule has 0 saturated heterocycles. The zero-order chi connectivity index (χ0) is 18.1. The first-order valence-corrected chi connectivity index (χ1v) is 7.89. The Morgan fingerprint density at radius 3 is 2.25 bits per heavy atom. The van der Waals surface area contributed by atoms with Crippen molar-refractivity contribution in [3.63, 3.8) is 0 Å². The molecule has 2 rings (SSSR count). The van der Waals surface area contributed by atoms with Crippen molar-refractivity contribution in [1.29, 1.82) is 0 Å². The van der Waals surface area contributed by atoms with Crippen molar-refractivity contribution >= 4 is 29.3 Å². The lowest BCUT2D eigenvalue weighted by Gasteiger charge is -2.38. The third-order valence-corrected chi connectivity index (χ3v) is 4.52. The van der Waals surface area contributed by atoms with E-state index in [1.807, 2.05) is 18.2 Å². The Bertz CT molecular complexity index is 752. The Morgan fingerprint density at radius 2 is 1.67 bits per heavy atom. The van der Waals surface area contributed by atoms with Crippen LogP contribution in [0.2, 0.25) is 0 Å². The number of hydrogen-bond donors (Lipinski definition) is 3. The second kappa shape index (κ2) is 6.55. The predicted molar refractivity (Wildman–Crippen MR) is 96.4 cm³/mol. The van der Waals surface area contributed by atoms with E-state index in [0.29, 0.717) is 11.0 Å². The summed E-state index contributed by atoms with van der Waals surface area (Å²) in [5.74, 6) is -0.142. The molecule has 0 saturated carbocycles. The molecule has 1 amide bonds. The molecule has 0 spiro atoms. The number of benzene rings is 2. The van der Waals surface area contributed by atoms with Crippen molar-refractivity contribution in [3.05, 3.63) is 42.0 Å². The average Bonchev–Trinajstić information content (AvgIpc) is 2.51. The van der Waals surface area contributed by atoms with E-state index in [0.717, 1.165) is 10.8 Å². The standard InChI is InChI=1S/C18H24BNO4/c1-17(2,22)18(3,4)24-19(23)15-9-8-12-10-14(16(21)20-5)7-6-13(12)11-15/h6-11,22-23H,1-5H3,(H,20,21). The first kappa shape index (κ1) is 18.5. The fourth-order valence-electron chi connectivity index (χ4n) is 2.19. The number of rotatable bonds is 5. The first-order chi connectivity index (χ1) is 11.0. The van der Waals surface area contributed by atoms with Crippen molar-refractivity contribution in [2.24, 2.45) is 0 Å². The third kappa shape index (κ3) is 3.78. The van der Waals surface area contributed by atoms with E-state index < -0.39 is 18.3 Å². The van der Waals surface area contributed by atoms with Gasteiger partial charge in [0.1, 0.15) is 0 Å². The number of amides is 1. The van der Waals surface area contributed by atoms with Gasteiger partial charge in [0.05, 0.1) is 11.2 Å². The van der Waals surface area contributed by atoms with Crippen LogP contribution in [-0.2, 0) is 4.65 Å². The van der Waals surface area contributed by atoms with E-state index >= 15 is 0 Å². The topological polar surface area (TPSA) is 78.8 Å². The smallest absolute Gasteiger partial charge is 0.423 e. The van der Waals surface area contributed by atoms with E-state index in [9.17, 15) is 14.9 Å². The van der Waals surface area contributed by atoms with Gasteiger partial charge in [0.2, 0.25) is 0 Å². The van der Waals surface area contributed by atoms with E-state index in [2.05, 4.69) is 5.32 Å². The molecule has 0 unspecified atom stereocenters. The van der Waals surface area contributed by atoms with Gasteiger partial charge < -0.3 is 20.1 Å². The zero-order valence-electron chi connectivity index (χ0n) is 14.8. The summed E-state index contributed by atoms with van der Waals surface area (Å²) in [5, 5.41) is 24.9. The van der Waals surface area contributed by atoms with Gasteiger partial charge in [-0.05, 0) is 56.1 Å². The molecule has 24 heavy (non-hydrogen) atoms. The predicted octanol–water partition coefficient (Wildman–Crippen LogP) is 1.45. The van der Waals surface area contributed by atoms with Gasteiger partial charge in [-0.25, -0.2) is 0 Å². The van der Waals surface area contributed by atoms with Gasteiger partial charge in [-0.3, -0.25) is 4.79 Å². The number of fused-ring (bicyclic) bond motifs is 1. The molecule has 0 radical (unpaired) electrons. The molecule has 0 aliphatic carbocycles. The summed E-state index contributed by atoms with van der Waals surface area (Å²) in [6.07, 6.45) is 0. The van der Waals surface area contributed by atoms with Gasteiger partial charge in [0.25, 0.3) is 5.91 Å². The summed E-state index contributed by atoms with van der Waals surface area (Å²) in [6.45, 7) is 6.74. The lowest BCUT2D eigenvalue weighted by molar-refractivity contribution is -0.0982. The van der Waals surface area contributed by atoms with Crippen molar-refractivity contribution in [1.82, 2.24) is 5.32 Å². The number of hydrogen-bond acceptors (Lipinski definition) is 4. The van der Waals surface area contributed by atoms with Crippen LogP contribution in [0.15, 0.2) is 36.4 Å². The lowest BCUT2D eigenvalue weighted by atomic mass is 9.76. The van der Waals surface area contributed by atoms with Crippen LogP contribution in [0.4, 0.5) is 0 Å². The van der Waals surface area contributed by atoms with E-state index in [1.165, 1.54) is 0 Å². The van der Waals surface area contributed by atoms with Crippen LogP contribution in [0.1, 0.15) is 38.1 Å². The molecule has 0 aliphatic rings. The maximum Gasteiger partial charge on any atom is 0.491 e.